The van der Waals surface area contributed by atoms with Crippen molar-refractivity contribution in [1.29, 1.82) is 0 Å². The fourth-order valence-electron chi connectivity index (χ4n) is 2.44. The zero-order valence-corrected chi connectivity index (χ0v) is 15.3. The van der Waals surface area contributed by atoms with Gasteiger partial charge in [-0.2, -0.15) is 0 Å². The zero-order valence-electron chi connectivity index (χ0n) is 15.3. The Morgan fingerprint density at radius 1 is 1.12 bits per heavy atom. The number of amides is 2. The lowest BCUT2D eigenvalue weighted by Crippen LogP contribution is -2.28. The van der Waals surface area contributed by atoms with Gasteiger partial charge < -0.3 is 24.3 Å². The molecule has 0 radical (unpaired) electrons. The number of benzene rings is 1. The van der Waals surface area contributed by atoms with Gasteiger partial charge in [-0.3, -0.25) is 14.4 Å². The quantitative estimate of drug-likeness (QED) is 0.870. The van der Waals surface area contributed by atoms with Crippen LogP contribution in [0.3, 0.4) is 0 Å². The maximum absolute atomic E-state index is 12.7. The Bertz CT molecular complexity index is 880. The molecule has 2 amide bonds. The maximum Gasteiger partial charge on any atom is 0.274 e. The van der Waals surface area contributed by atoms with Gasteiger partial charge in [0.1, 0.15) is 22.7 Å². The van der Waals surface area contributed by atoms with E-state index in [0.29, 0.717) is 11.5 Å². The molecule has 1 heterocycles. The second-order valence-corrected chi connectivity index (χ2v) is 5.75. The molecule has 1 aromatic heterocycles. The van der Waals surface area contributed by atoms with Crippen LogP contribution in [0.15, 0.2) is 35.3 Å². The third-order valence-corrected chi connectivity index (χ3v) is 3.74. The summed E-state index contributed by atoms with van der Waals surface area (Å²) in [6.45, 7) is 0. The molecule has 0 aliphatic carbocycles. The van der Waals surface area contributed by atoms with E-state index in [1.807, 2.05) is 0 Å². The highest BCUT2D eigenvalue weighted by atomic mass is 16.5. The topological polar surface area (TPSA) is 89.9 Å². The molecule has 0 saturated heterocycles. The third-order valence-electron chi connectivity index (χ3n) is 3.74. The van der Waals surface area contributed by atoms with Gasteiger partial charge in [-0.1, -0.05) is 6.07 Å². The SMILES string of the molecule is COc1cccc(OC)c1C(=O)Nc1cc(C(=O)N(C)C)cn(C)c1=O. The van der Waals surface area contributed by atoms with E-state index < -0.39 is 11.5 Å². The number of carbonyl (C=O) groups excluding carboxylic acids is 2. The Labute approximate surface area is 150 Å². The van der Waals surface area contributed by atoms with Gasteiger partial charge in [-0.15, -0.1) is 0 Å². The molecule has 0 atom stereocenters. The largest absolute Gasteiger partial charge is 0.496 e. The highest BCUT2D eigenvalue weighted by molar-refractivity contribution is 6.08. The van der Waals surface area contributed by atoms with E-state index in [1.165, 1.54) is 43.0 Å². The summed E-state index contributed by atoms with van der Waals surface area (Å²) in [5.74, 6) is -0.254. The summed E-state index contributed by atoms with van der Waals surface area (Å²) in [7, 11) is 7.58. The minimum atomic E-state index is -0.578. The van der Waals surface area contributed by atoms with Gasteiger partial charge in [0.15, 0.2) is 0 Å². The molecule has 1 aromatic carbocycles. The van der Waals surface area contributed by atoms with Crippen LogP contribution in [0, 0.1) is 0 Å². The summed E-state index contributed by atoms with van der Waals surface area (Å²) in [5.41, 5.74) is -0.0241. The molecule has 1 N–H and O–H groups in total. The fourth-order valence-corrected chi connectivity index (χ4v) is 2.44. The number of aryl methyl sites for hydroxylation is 1. The van der Waals surface area contributed by atoms with Crippen LogP contribution in [0.4, 0.5) is 5.69 Å². The number of rotatable bonds is 5. The van der Waals surface area contributed by atoms with E-state index in [4.69, 9.17) is 9.47 Å². The Kier molecular flexibility index (Phi) is 5.66. The van der Waals surface area contributed by atoms with E-state index >= 15 is 0 Å². The summed E-state index contributed by atoms with van der Waals surface area (Å²) in [6, 6.07) is 6.26. The number of nitrogens with one attached hydrogen (secondary N) is 1. The van der Waals surface area contributed by atoms with Crippen molar-refractivity contribution < 1.29 is 19.1 Å². The van der Waals surface area contributed by atoms with Gasteiger partial charge in [0, 0.05) is 27.3 Å². The number of anilines is 1. The van der Waals surface area contributed by atoms with Crippen molar-refractivity contribution in [1.82, 2.24) is 9.47 Å². The summed E-state index contributed by atoms with van der Waals surface area (Å²) >= 11 is 0. The van der Waals surface area contributed by atoms with Crippen molar-refractivity contribution in [3.8, 4) is 11.5 Å². The van der Waals surface area contributed by atoms with Gasteiger partial charge in [0.05, 0.1) is 19.8 Å². The molecule has 138 valence electrons. The lowest BCUT2D eigenvalue weighted by Gasteiger charge is -2.15. The van der Waals surface area contributed by atoms with Crippen molar-refractivity contribution in [2.24, 2.45) is 7.05 Å². The minimum Gasteiger partial charge on any atom is -0.496 e. The molecule has 0 aliphatic rings. The number of nitrogens with zero attached hydrogens (tertiary/aromatic N) is 2. The standard InChI is InChI=1S/C18H21N3O5/c1-20(2)17(23)11-9-12(18(24)21(3)10-11)19-16(22)15-13(25-4)7-6-8-14(15)26-5/h6-10H,1-5H3,(H,19,22). The number of ether oxygens (including phenoxy) is 2. The normalized spacial score (nSPS) is 10.2. The second-order valence-electron chi connectivity index (χ2n) is 5.75. The Hall–Kier alpha value is -3.29. The molecule has 0 saturated carbocycles. The van der Waals surface area contributed by atoms with Crippen molar-refractivity contribution in [2.75, 3.05) is 33.6 Å². The number of hydrogen-bond acceptors (Lipinski definition) is 5. The number of pyridine rings is 1. The molecular weight excluding hydrogens is 338 g/mol. The van der Waals surface area contributed by atoms with E-state index in [9.17, 15) is 14.4 Å². The number of carbonyl (C=O) groups is 2. The Balaban J connectivity index is 2.48. The van der Waals surface area contributed by atoms with Crippen molar-refractivity contribution in [2.45, 2.75) is 0 Å². The highest BCUT2D eigenvalue weighted by Crippen LogP contribution is 2.28. The molecule has 26 heavy (non-hydrogen) atoms. The lowest BCUT2D eigenvalue weighted by molar-refractivity contribution is 0.0826. The molecule has 0 bridgehead atoms. The van der Waals surface area contributed by atoms with Crippen LogP contribution >= 0.6 is 0 Å². The van der Waals surface area contributed by atoms with E-state index in [-0.39, 0.29) is 22.7 Å². The molecular formula is C18H21N3O5. The molecule has 0 aliphatic heterocycles. The van der Waals surface area contributed by atoms with Crippen LogP contribution in [0.25, 0.3) is 0 Å². The van der Waals surface area contributed by atoms with E-state index in [2.05, 4.69) is 5.32 Å². The highest BCUT2D eigenvalue weighted by Gasteiger charge is 2.20. The van der Waals surface area contributed by atoms with Crippen molar-refractivity contribution in [3.05, 3.63) is 51.9 Å². The average Bonchev–Trinajstić information content (AvgIpc) is 2.63. The van der Waals surface area contributed by atoms with Crippen LogP contribution in [0.2, 0.25) is 0 Å². The summed E-state index contributed by atoms with van der Waals surface area (Å²) < 4.78 is 11.7. The number of aromatic nitrogens is 1. The number of methoxy groups -OCH3 is 2. The van der Waals surface area contributed by atoms with Crippen LogP contribution in [0.5, 0.6) is 11.5 Å². The Morgan fingerprint density at radius 3 is 2.19 bits per heavy atom. The van der Waals surface area contributed by atoms with Crippen molar-refractivity contribution >= 4 is 17.5 Å². The molecule has 8 nitrogen and oxygen atoms in total. The third kappa shape index (κ3) is 3.69. The molecule has 2 rings (SSSR count). The van der Waals surface area contributed by atoms with Gasteiger partial charge in [-0.05, 0) is 18.2 Å². The first-order valence-electron chi connectivity index (χ1n) is 7.74. The smallest absolute Gasteiger partial charge is 0.274 e. The molecule has 2 aromatic rings. The maximum atomic E-state index is 12.7. The van der Waals surface area contributed by atoms with Crippen LogP contribution in [-0.4, -0.2) is 49.6 Å². The first-order chi connectivity index (χ1) is 12.3. The van der Waals surface area contributed by atoms with Crippen LogP contribution in [0.1, 0.15) is 20.7 Å². The molecule has 0 fully saturated rings. The van der Waals surface area contributed by atoms with Crippen LogP contribution in [-0.2, 0) is 7.05 Å². The minimum absolute atomic E-state index is 0.0156. The van der Waals surface area contributed by atoms with E-state index in [1.54, 1.807) is 32.3 Å². The number of hydrogen-bond donors (Lipinski definition) is 1. The molecule has 0 unspecified atom stereocenters. The van der Waals surface area contributed by atoms with Crippen LogP contribution < -0.4 is 20.3 Å². The predicted molar refractivity (Wildman–Crippen MR) is 97.2 cm³/mol. The average molecular weight is 359 g/mol. The van der Waals surface area contributed by atoms with Gasteiger partial charge in [0.2, 0.25) is 0 Å². The second kappa shape index (κ2) is 7.73. The molecule has 0 spiro atoms. The van der Waals surface area contributed by atoms with Gasteiger partial charge in [0.25, 0.3) is 17.4 Å². The Morgan fingerprint density at radius 2 is 1.69 bits per heavy atom. The van der Waals surface area contributed by atoms with E-state index in [0.717, 1.165) is 0 Å². The monoisotopic (exact) mass is 359 g/mol. The van der Waals surface area contributed by atoms with Gasteiger partial charge in [-0.25, -0.2) is 0 Å². The summed E-state index contributed by atoms with van der Waals surface area (Å²) in [6.07, 6.45) is 1.42. The van der Waals surface area contributed by atoms with Gasteiger partial charge >= 0.3 is 0 Å². The fraction of sp³-hybridized carbons (Fsp3) is 0.278. The molecule has 8 heteroatoms. The van der Waals surface area contributed by atoms with Crippen molar-refractivity contribution in [3.63, 3.8) is 0 Å². The first-order valence-corrected chi connectivity index (χ1v) is 7.74. The summed E-state index contributed by atoms with van der Waals surface area (Å²) in [5, 5.41) is 2.55. The zero-order chi connectivity index (χ0) is 19.4. The first kappa shape index (κ1) is 19.0. The lowest BCUT2D eigenvalue weighted by atomic mass is 10.1. The predicted octanol–water partition coefficient (Wildman–Crippen LogP) is 1.36. The summed E-state index contributed by atoms with van der Waals surface area (Å²) in [4.78, 5) is 38.6.